The summed E-state index contributed by atoms with van der Waals surface area (Å²) in [4.78, 5) is 21.7. The molecule has 7 heterocycles. The zero-order valence-corrected chi connectivity index (χ0v) is 66.1. The molecule has 1 aliphatic carbocycles. The van der Waals surface area contributed by atoms with Crippen molar-refractivity contribution >= 4 is 110 Å². The molecule has 0 atom stereocenters. The summed E-state index contributed by atoms with van der Waals surface area (Å²) in [6.45, 7) is 4.65. The lowest BCUT2D eigenvalue weighted by Crippen LogP contribution is -2.14. The lowest BCUT2D eigenvalue weighted by Gasteiger charge is -2.22. The first-order valence-electron chi connectivity index (χ1n) is 41.3. The molecule has 25 rings (SSSR count). The summed E-state index contributed by atoms with van der Waals surface area (Å²) in [6.07, 6.45) is 0. The van der Waals surface area contributed by atoms with Crippen molar-refractivity contribution in [3.63, 3.8) is 0 Å². The second-order valence-electron chi connectivity index (χ2n) is 32.7. The minimum absolute atomic E-state index is 0.200. The lowest BCUT2D eigenvalue weighted by molar-refractivity contribution is 0.660. The van der Waals surface area contributed by atoms with Crippen molar-refractivity contribution in [3.8, 4) is 146 Å². The van der Waals surface area contributed by atoms with Gasteiger partial charge in [0.15, 0.2) is 11.6 Å². The van der Waals surface area contributed by atoms with Crippen LogP contribution in [-0.2, 0) is 5.41 Å². The number of rotatable bonds is 12. The largest absolute Gasteiger partial charge is 0.456 e. The fourth-order valence-corrected chi connectivity index (χ4v) is 19.0. The fourth-order valence-electron chi connectivity index (χ4n) is 19.0. The van der Waals surface area contributed by atoms with Crippen molar-refractivity contribution in [1.82, 2.24) is 19.9 Å². The molecule has 0 amide bonds. The highest BCUT2D eigenvalue weighted by molar-refractivity contribution is 6.15. The van der Waals surface area contributed by atoms with Gasteiger partial charge in [0.2, 0.25) is 0 Å². The van der Waals surface area contributed by atoms with E-state index in [-0.39, 0.29) is 5.41 Å². The Labute approximate surface area is 699 Å². The fraction of sp³-hybridized carbons (Fsp3) is 0.0265. The Kier molecular flexibility index (Phi) is 15.3. The van der Waals surface area contributed by atoms with Crippen LogP contribution in [0.4, 0.5) is 0 Å². The standard InChI is InChI=1S/C113H68N4O5/c1-113(2)95-34-13-9-26-83(95)84-44-39-74(61-96(84)113)98-64-100(117-112(115-98)66-22-7-4-8-23-66)80-55-77(81-30-18-32-89-85-27-10-16-37-103(85)121-109(81)89)54-78(56-80)82-31-19-33-90-94-58-69(41-49-107(94)122-110(82)90)72-38-45-88-93-60-71(43-48-106(93)120-108(88)62-72)76-51-75(70-42-47-105-92(59-70)87-29-12-15-36-102(87)119-105)52-79(53-76)99-63-97(114-111(116-99)65-20-5-3-6-21-65)73-25-17-24-67(50-73)68-40-46-104-91(57-68)86-28-11-14-35-101(86)118-104/h3-64H,1-2H3. The van der Waals surface area contributed by atoms with Crippen LogP contribution in [0.25, 0.3) is 255 Å². The highest BCUT2D eigenvalue weighted by Crippen LogP contribution is 2.51. The molecule has 0 saturated heterocycles. The van der Waals surface area contributed by atoms with Gasteiger partial charge in [-0.05, 0) is 217 Å². The van der Waals surface area contributed by atoms with E-state index >= 15 is 0 Å². The average Bonchev–Trinajstić information content (AvgIpc) is 1.58. The third-order valence-corrected chi connectivity index (χ3v) is 25.1. The van der Waals surface area contributed by atoms with Gasteiger partial charge >= 0.3 is 0 Å². The third kappa shape index (κ3) is 11.3. The van der Waals surface area contributed by atoms with Gasteiger partial charge in [0.1, 0.15) is 55.8 Å². The molecule has 0 N–H and O–H groups in total. The molecule has 7 aromatic heterocycles. The van der Waals surface area contributed by atoms with E-state index in [1.165, 1.54) is 22.3 Å². The van der Waals surface area contributed by atoms with Crippen LogP contribution in [0.3, 0.4) is 0 Å². The number of benzene rings is 17. The second-order valence-corrected chi connectivity index (χ2v) is 32.7. The van der Waals surface area contributed by atoms with E-state index in [1.54, 1.807) is 0 Å². The van der Waals surface area contributed by atoms with Gasteiger partial charge in [-0.3, -0.25) is 0 Å². The van der Waals surface area contributed by atoms with Crippen LogP contribution in [0.15, 0.2) is 398 Å². The molecule has 122 heavy (non-hydrogen) atoms. The predicted molar refractivity (Wildman–Crippen MR) is 497 cm³/mol. The monoisotopic (exact) mass is 1560 g/mol. The number of aromatic nitrogens is 4. The molecule has 0 radical (unpaired) electrons. The van der Waals surface area contributed by atoms with Crippen LogP contribution < -0.4 is 0 Å². The van der Waals surface area contributed by atoms with Crippen LogP contribution in [-0.4, -0.2) is 19.9 Å². The quantitative estimate of drug-likeness (QED) is 0.118. The van der Waals surface area contributed by atoms with Gasteiger partial charge in [-0.25, -0.2) is 19.9 Å². The third-order valence-electron chi connectivity index (χ3n) is 25.1. The summed E-state index contributed by atoms with van der Waals surface area (Å²) >= 11 is 0. The van der Waals surface area contributed by atoms with Crippen LogP contribution in [0, 0.1) is 0 Å². The molecule has 0 unspecified atom stereocenters. The zero-order valence-electron chi connectivity index (χ0n) is 66.1. The number of furan rings is 5. The maximum absolute atomic E-state index is 7.12. The first kappa shape index (κ1) is 69.1. The molecule has 570 valence electrons. The number of fused-ring (bicyclic) bond motifs is 18. The summed E-state index contributed by atoms with van der Waals surface area (Å²) in [6, 6.07) is 133. The lowest BCUT2D eigenvalue weighted by atomic mass is 9.82. The Hall–Kier alpha value is -16.1. The van der Waals surface area contributed by atoms with Gasteiger partial charge in [-0.2, -0.15) is 0 Å². The molecule has 9 nitrogen and oxygen atoms in total. The van der Waals surface area contributed by atoms with E-state index in [9.17, 15) is 0 Å². The van der Waals surface area contributed by atoms with Gasteiger partial charge in [0, 0.05) is 104 Å². The predicted octanol–water partition coefficient (Wildman–Crippen LogP) is 31.1. The molecule has 0 bridgehead atoms. The summed E-state index contributed by atoms with van der Waals surface area (Å²) in [5.74, 6) is 1.27. The van der Waals surface area contributed by atoms with Crippen molar-refractivity contribution in [3.05, 3.63) is 387 Å². The van der Waals surface area contributed by atoms with E-state index in [4.69, 9.17) is 42.0 Å². The molecule has 17 aromatic carbocycles. The van der Waals surface area contributed by atoms with Gasteiger partial charge in [0.25, 0.3) is 0 Å². The minimum atomic E-state index is -0.200. The Bertz CT molecular complexity index is 8510. The Morgan fingerprint density at radius 3 is 1.05 bits per heavy atom. The molecule has 0 fully saturated rings. The van der Waals surface area contributed by atoms with Crippen LogP contribution >= 0.6 is 0 Å². The van der Waals surface area contributed by atoms with E-state index < -0.39 is 0 Å². The van der Waals surface area contributed by atoms with Gasteiger partial charge < -0.3 is 22.1 Å². The van der Waals surface area contributed by atoms with Crippen molar-refractivity contribution in [2.24, 2.45) is 0 Å². The number of hydrogen-bond acceptors (Lipinski definition) is 9. The van der Waals surface area contributed by atoms with Gasteiger partial charge in [-0.15, -0.1) is 0 Å². The first-order chi connectivity index (χ1) is 60.1. The maximum Gasteiger partial charge on any atom is 0.160 e. The summed E-state index contributed by atoms with van der Waals surface area (Å²) in [7, 11) is 0. The summed E-state index contributed by atoms with van der Waals surface area (Å²) in [5.41, 5.74) is 34.3. The maximum atomic E-state index is 7.12. The molecular weight excluding hydrogens is 1490 g/mol. The molecule has 0 aliphatic heterocycles. The highest BCUT2D eigenvalue weighted by atomic mass is 16.3. The number of para-hydroxylation sites is 5. The molecule has 1 aliphatic rings. The Morgan fingerprint density at radius 1 is 0.172 bits per heavy atom. The van der Waals surface area contributed by atoms with Crippen molar-refractivity contribution in [2.75, 3.05) is 0 Å². The normalized spacial score (nSPS) is 12.6. The molecule has 0 spiro atoms. The first-order valence-corrected chi connectivity index (χ1v) is 41.3. The smallest absolute Gasteiger partial charge is 0.160 e. The van der Waals surface area contributed by atoms with Crippen LogP contribution in [0.5, 0.6) is 0 Å². The molecule has 0 saturated carbocycles. The minimum Gasteiger partial charge on any atom is -0.456 e. The average molecular weight is 1560 g/mol. The van der Waals surface area contributed by atoms with Crippen LogP contribution in [0.2, 0.25) is 0 Å². The Morgan fingerprint density at radius 2 is 0.492 bits per heavy atom. The van der Waals surface area contributed by atoms with Gasteiger partial charge in [-0.1, -0.05) is 250 Å². The van der Waals surface area contributed by atoms with E-state index in [0.717, 1.165) is 233 Å². The highest BCUT2D eigenvalue weighted by Gasteiger charge is 2.36. The molecule has 24 aromatic rings. The Balaban J connectivity index is 0.594. The van der Waals surface area contributed by atoms with E-state index in [2.05, 4.69) is 317 Å². The SMILES string of the molecule is CC1(C)c2ccccc2-c2ccc(-c3cc(-c4cc(-c5cccc6c5oc5ccccc56)cc(-c5cccc6c5oc5ccc(-c7ccc8c(c7)oc7ccc(-c9cc(-c%10ccc%11oc%12ccccc%12c%11c%10)cc(-c%10cc(-c%11cccc(-c%12ccc%13oc%14ccccc%14c%13c%12)c%11)nc(-c%11ccccc%11)n%10)c9)cc78)cc56)c4)nc(-c4ccccc4)n3)cc21. The van der Waals surface area contributed by atoms with Crippen molar-refractivity contribution in [2.45, 2.75) is 19.3 Å². The number of hydrogen-bond donors (Lipinski definition) is 0. The second kappa shape index (κ2) is 27.0. The number of nitrogens with zero attached hydrogens (tertiary/aromatic N) is 4. The van der Waals surface area contributed by atoms with E-state index in [1.807, 2.05) is 72.8 Å². The summed E-state index contributed by atoms with van der Waals surface area (Å²) in [5, 5.41) is 10.4. The summed E-state index contributed by atoms with van der Waals surface area (Å²) < 4.78 is 33.5. The van der Waals surface area contributed by atoms with Crippen molar-refractivity contribution < 1.29 is 22.1 Å². The molecule has 9 heteroatoms. The topological polar surface area (TPSA) is 117 Å². The van der Waals surface area contributed by atoms with Crippen LogP contribution in [0.1, 0.15) is 25.0 Å². The van der Waals surface area contributed by atoms with E-state index in [0.29, 0.717) is 11.6 Å². The van der Waals surface area contributed by atoms with Gasteiger partial charge in [0.05, 0.1) is 22.8 Å². The molecular formula is C113H68N4O5. The zero-order chi connectivity index (χ0) is 80.4. The van der Waals surface area contributed by atoms with Crippen molar-refractivity contribution in [1.29, 1.82) is 0 Å².